The number of nitrogens with one attached hydrogen (secondary N) is 1. The van der Waals surface area contributed by atoms with Gasteiger partial charge in [-0.05, 0) is 25.7 Å². The molecule has 1 aromatic rings. The first-order chi connectivity index (χ1) is 8.70. The SMILES string of the molecule is CC(C)n1ccnc(NCC(Cl)CC(C)(C)C)c1=O. The number of aromatic nitrogens is 2. The molecular formula is C14H24ClN3O. The second kappa shape index (κ2) is 6.42. The average Bonchev–Trinajstić information content (AvgIpc) is 2.24. The Bertz CT molecular complexity index is 462. The smallest absolute Gasteiger partial charge is 0.293 e. The minimum atomic E-state index is -0.0999. The number of alkyl halides is 1. The summed E-state index contributed by atoms with van der Waals surface area (Å²) in [5.41, 5.74) is 0.0771. The van der Waals surface area contributed by atoms with E-state index in [4.69, 9.17) is 11.6 Å². The lowest BCUT2D eigenvalue weighted by Crippen LogP contribution is -2.28. The number of hydrogen-bond donors (Lipinski definition) is 1. The Hall–Kier alpha value is -1.03. The van der Waals surface area contributed by atoms with Gasteiger partial charge >= 0.3 is 0 Å². The van der Waals surface area contributed by atoms with Crippen LogP contribution >= 0.6 is 11.6 Å². The predicted molar refractivity (Wildman–Crippen MR) is 81.1 cm³/mol. The summed E-state index contributed by atoms with van der Waals surface area (Å²) < 4.78 is 1.66. The van der Waals surface area contributed by atoms with Gasteiger partial charge < -0.3 is 9.88 Å². The topological polar surface area (TPSA) is 46.9 Å². The number of anilines is 1. The summed E-state index contributed by atoms with van der Waals surface area (Å²) in [6, 6.07) is 0.123. The molecule has 1 N–H and O–H groups in total. The van der Waals surface area contributed by atoms with Gasteiger partial charge in [0.05, 0.1) is 5.38 Å². The molecule has 4 nitrogen and oxygen atoms in total. The zero-order valence-corrected chi connectivity index (χ0v) is 13.2. The Balaban J connectivity index is 2.69. The van der Waals surface area contributed by atoms with Gasteiger partial charge in [0.1, 0.15) is 0 Å². The Morgan fingerprint density at radius 3 is 2.58 bits per heavy atom. The van der Waals surface area contributed by atoms with Crippen LogP contribution in [-0.2, 0) is 0 Å². The molecule has 0 amide bonds. The zero-order valence-electron chi connectivity index (χ0n) is 12.4. The van der Waals surface area contributed by atoms with E-state index >= 15 is 0 Å². The van der Waals surface area contributed by atoms with Gasteiger partial charge in [-0.1, -0.05) is 20.8 Å². The Morgan fingerprint density at radius 1 is 1.42 bits per heavy atom. The van der Waals surface area contributed by atoms with Crippen LogP contribution in [0.2, 0.25) is 0 Å². The van der Waals surface area contributed by atoms with Crippen molar-refractivity contribution in [1.82, 2.24) is 9.55 Å². The largest absolute Gasteiger partial charge is 0.364 e. The standard InChI is InChI=1S/C14H24ClN3O/c1-10(2)18-7-6-16-12(13(18)19)17-9-11(15)8-14(3,4)5/h6-7,10-11H,8-9H2,1-5H3,(H,16,17). The van der Waals surface area contributed by atoms with E-state index in [1.165, 1.54) is 0 Å². The molecule has 0 bridgehead atoms. The van der Waals surface area contributed by atoms with E-state index in [9.17, 15) is 4.79 Å². The van der Waals surface area contributed by atoms with Crippen molar-refractivity contribution in [2.24, 2.45) is 5.41 Å². The van der Waals surface area contributed by atoms with Crippen LogP contribution in [0.5, 0.6) is 0 Å². The van der Waals surface area contributed by atoms with Crippen LogP contribution in [0.4, 0.5) is 5.82 Å². The molecule has 1 rings (SSSR count). The monoisotopic (exact) mass is 285 g/mol. The van der Waals surface area contributed by atoms with Gasteiger partial charge in [-0.25, -0.2) is 4.98 Å². The number of hydrogen-bond acceptors (Lipinski definition) is 3. The molecule has 0 saturated carbocycles. The molecular weight excluding hydrogens is 262 g/mol. The molecule has 1 heterocycles. The van der Waals surface area contributed by atoms with Gasteiger partial charge in [-0.2, -0.15) is 0 Å². The summed E-state index contributed by atoms with van der Waals surface area (Å²) in [4.78, 5) is 16.2. The Morgan fingerprint density at radius 2 is 2.05 bits per heavy atom. The third kappa shape index (κ3) is 5.23. The maximum Gasteiger partial charge on any atom is 0.293 e. The molecule has 5 heteroatoms. The quantitative estimate of drug-likeness (QED) is 0.845. The lowest BCUT2D eigenvalue weighted by Gasteiger charge is -2.22. The minimum absolute atomic E-state index is 0.0195. The molecule has 0 aromatic carbocycles. The third-order valence-electron chi connectivity index (χ3n) is 2.75. The maximum atomic E-state index is 12.1. The molecule has 0 radical (unpaired) electrons. The van der Waals surface area contributed by atoms with E-state index in [-0.39, 0.29) is 22.4 Å². The predicted octanol–water partition coefficient (Wildman–Crippen LogP) is 3.28. The van der Waals surface area contributed by atoms with Crippen LogP contribution in [0.25, 0.3) is 0 Å². The summed E-state index contributed by atoms with van der Waals surface area (Å²) in [5.74, 6) is 0.371. The van der Waals surface area contributed by atoms with Crippen molar-refractivity contribution in [3.8, 4) is 0 Å². The van der Waals surface area contributed by atoms with Crippen molar-refractivity contribution in [2.75, 3.05) is 11.9 Å². The van der Waals surface area contributed by atoms with Crippen molar-refractivity contribution >= 4 is 17.4 Å². The van der Waals surface area contributed by atoms with Crippen LogP contribution in [0.1, 0.15) is 47.1 Å². The van der Waals surface area contributed by atoms with Crippen LogP contribution in [-0.4, -0.2) is 21.5 Å². The molecule has 0 aliphatic carbocycles. The van der Waals surface area contributed by atoms with E-state index in [2.05, 4.69) is 31.1 Å². The minimum Gasteiger partial charge on any atom is -0.364 e. The first-order valence-electron chi connectivity index (χ1n) is 6.66. The summed E-state index contributed by atoms with van der Waals surface area (Å²) in [6.45, 7) is 10.9. The number of rotatable bonds is 5. The first-order valence-corrected chi connectivity index (χ1v) is 7.09. The second-order valence-electron chi connectivity index (χ2n) is 6.32. The van der Waals surface area contributed by atoms with Crippen molar-refractivity contribution in [3.05, 3.63) is 22.7 Å². The summed E-state index contributed by atoms with van der Waals surface area (Å²) in [6.07, 6.45) is 4.22. The van der Waals surface area contributed by atoms with Gasteiger partial charge in [0.15, 0.2) is 5.82 Å². The molecule has 1 aromatic heterocycles. The third-order valence-corrected chi connectivity index (χ3v) is 3.06. The zero-order chi connectivity index (χ0) is 14.6. The van der Waals surface area contributed by atoms with Crippen molar-refractivity contribution < 1.29 is 0 Å². The highest BCUT2D eigenvalue weighted by Gasteiger charge is 2.17. The van der Waals surface area contributed by atoms with E-state index in [1.807, 2.05) is 13.8 Å². The van der Waals surface area contributed by atoms with Crippen LogP contribution in [0, 0.1) is 5.41 Å². The fourth-order valence-electron chi connectivity index (χ4n) is 1.90. The van der Waals surface area contributed by atoms with Gasteiger partial charge in [-0.3, -0.25) is 4.79 Å². The second-order valence-corrected chi connectivity index (χ2v) is 6.94. The fourth-order valence-corrected chi connectivity index (χ4v) is 2.44. The maximum absolute atomic E-state index is 12.1. The summed E-state index contributed by atoms with van der Waals surface area (Å²) >= 11 is 6.27. The Kier molecular flexibility index (Phi) is 5.41. The lowest BCUT2D eigenvalue weighted by molar-refractivity contribution is 0.373. The Labute approximate surface area is 120 Å². The highest BCUT2D eigenvalue weighted by molar-refractivity contribution is 6.20. The molecule has 1 unspecified atom stereocenters. The average molecular weight is 286 g/mol. The molecule has 0 saturated heterocycles. The highest BCUT2D eigenvalue weighted by atomic mass is 35.5. The summed E-state index contributed by atoms with van der Waals surface area (Å²) in [5, 5.41) is 3.03. The number of nitrogens with zero attached hydrogens (tertiary/aromatic N) is 2. The molecule has 1 atom stereocenters. The normalized spacial score (nSPS) is 13.6. The molecule has 0 spiro atoms. The van der Waals surface area contributed by atoms with E-state index < -0.39 is 0 Å². The lowest BCUT2D eigenvalue weighted by atomic mass is 9.90. The van der Waals surface area contributed by atoms with Crippen LogP contribution < -0.4 is 10.9 Å². The van der Waals surface area contributed by atoms with Crippen molar-refractivity contribution in [2.45, 2.75) is 52.5 Å². The molecule has 19 heavy (non-hydrogen) atoms. The molecule has 0 aliphatic rings. The fraction of sp³-hybridized carbons (Fsp3) is 0.714. The van der Waals surface area contributed by atoms with Gasteiger partial charge in [0.2, 0.25) is 0 Å². The number of halogens is 1. The summed E-state index contributed by atoms with van der Waals surface area (Å²) in [7, 11) is 0. The van der Waals surface area contributed by atoms with Gasteiger partial charge in [-0.15, -0.1) is 11.6 Å². The molecule has 0 aliphatic heterocycles. The van der Waals surface area contributed by atoms with Crippen LogP contribution in [0.15, 0.2) is 17.2 Å². The van der Waals surface area contributed by atoms with Crippen molar-refractivity contribution in [1.29, 1.82) is 0 Å². The highest BCUT2D eigenvalue weighted by Crippen LogP contribution is 2.23. The molecule has 0 fully saturated rings. The van der Waals surface area contributed by atoms with E-state index in [1.54, 1.807) is 17.0 Å². The van der Waals surface area contributed by atoms with Crippen molar-refractivity contribution in [3.63, 3.8) is 0 Å². The van der Waals surface area contributed by atoms with E-state index in [0.29, 0.717) is 12.4 Å². The first kappa shape index (κ1) is 16.0. The molecule has 108 valence electrons. The van der Waals surface area contributed by atoms with Gasteiger partial charge in [0, 0.05) is 25.0 Å². The van der Waals surface area contributed by atoms with Crippen LogP contribution in [0.3, 0.4) is 0 Å². The van der Waals surface area contributed by atoms with E-state index in [0.717, 1.165) is 6.42 Å². The van der Waals surface area contributed by atoms with Gasteiger partial charge in [0.25, 0.3) is 5.56 Å².